The predicted molar refractivity (Wildman–Crippen MR) is 80.9 cm³/mol. The van der Waals surface area contributed by atoms with Crippen LogP contribution in [0.15, 0.2) is 0 Å². The van der Waals surface area contributed by atoms with Crippen LogP contribution in [0.3, 0.4) is 0 Å². The molecule has 2 aromatic heterocycles. The van der Waals surface area contributed by atoms with E-state index in [1.54, 1.807) is 11.3 Å². The quantitative estimate of drug-likeness (QED) is 0.805. The summed E-state index contributed by atoms with van der Waals surface area (Å²) >= 11 is 6.70. The lowest BCUT2D eigenvalue weighted by atomic mass is 10.3. The van der Waals surface area contributed by atoms with Crippen LogP contribution >= 0.6 is 23.6 Å². The smallest absolute Gasteiger partial charge is 0.213 e. The highest BCUT2D eigenvalue weighted by Crippen LogP contribution is 2.28. The molecule has 7 heteroatoms. The van der Waals surface area contributed by atoms with Crippen molar-refractivity contribution < 1.29 is 0 Å². The van der Waals surface area contributed by atoms with Crippen molar-refractivity contribution in [3.8, 4) is 10.7 Å². The summed E-state index contributed by atoms with van der Waals surface area (Å²) in [5.74, 6) is 0.796. The Kier molecular flexibility index (Phi) is 4.84. The third-order valence-corrected chi connectivity index (χ3v) is 4.33. The van der Waals surface area contributed by atoms with Gasteiger partial charge in [0, 0.05) is 0 Å². The number of aromatic nitrogens is 4. The van der Waals surface area contributed by atoms with Gasteiger partial charge in [-0.05, 0) is 31.7 Å². The SMILES string of the molecule is CCc1nc(CN(CC)CC)sc1-c1nc(=S)[nH][nH]1. The zero-order valence-corrected chi connectivity index (χ0v) is 13.1. The van der Waals surface area contributed by atoms with Gasteiger partial charge in [-0.3, -0.25) is 15.1 Å². The van der Waals surface area contributed by atoms with Crippen LogP contribution in [0.25, 0.3) is 10.7 Å². The van der Waals surface area contributed by atoms with Gasteiger partial charge in [-0.15, -0.1) is 11.3 Å². The molecule has 104 valence electrons. The molecule has 0 bridgehead atoms. The maximum Gasteiger partial charge on any atom is 0.213 e. The van der Waals surface area contributed by atoms with Gasteiger partial charge < -0.3 is 0 Å². The molecule has 2 heterocycles. The standard InChI is InChI=1S/C12H19N5S2/c1-4-8-10(11-14-12(18)16-15-11)19-9(13-8)7-17(5-2)6-3/h4-7H2,1-3H3,(H2,14,15,16,18). The van der Waals surface area contributed by atoms with Crippen LogP contribution in [0.2, 0.25) is 0 Å². The largest absolute Gasteiger partial charge is 0.297 e. The molecule has 0 radical (unpaired) electrons. The normalized spacial score (nSPS) is 11.4. The lowest BCUT2D eigenvalue weighted by molar-refractivity contribution is 0.295. The van der Waals surface area contributed by atoms with Gasteiger partial charge in [0.2, 0.25) is 4.77 Å². The molecule has 0 spiro atoms. The first-order valence-electron chi connectivity index (χ1n) is 6.53. The number of rotatable bonds is 6. The fourth-order valence-corrected chi connectivity index (χ4v) is 3.19. The second-order valence-electron chi connectivity index (χ2n) is 4.21. The zero-order chi connectivity index (χ0) is 13.8. The van der Waals surface area contributed by atoms with Gasteiger partial charge in [-0.1, -0.05) is 20.8 Å². The number of aromatic amines is 2. The molecule has 0 saturated carbocycles. The highest BCUT2D eigenvalue weighted by atomic mass is 32.1. The van der Waals surface area contributed by atoms with Crippen LogP contribution in [-0.2, 0) is 13.0 Å². The Morgan fingerprint density at radius 2 is 1.89 bits per heavy atom. The van der Waals surface area contributed by atoms with E-state index in [2.05, 4.69) is 40.9 Å². The first-order chi connectivity index (χ1) is 9.17. The van der Waals surface area contributed by atoms with Gasteiger partial charge in [-0.25, -0.2) is 4.98 Å². The van der Waals surface area contributed by atoms with E-state index in [1.807, 2.05) is 0 Å². The molecular weight excluding hydrogens is 278 g/mol. The molecule has 5 nitrogen and oxygen atoms in total. The van der Waals surface area contributed by atoms with Crippen molar-refractivity contribution in [1.29, 1.82) is 0 Å². The Balaban J connectivity index is 2.29. The number of aryl methyl sites for hydroxylation is 1. The maximum atomic E-state index is 5.00. The third kappa shape index (κ3) is 3.29. The highest BCUT2D eigenvalue weighted by molar-refractivity contribution is 7.71. The summed E-state index contributed by atoms with van der Waals surface area (Å²) in [5.41, 5.74) is 1.09. The number of nitrogens with one attached hydrogen (secondary N) is 2. The zero-order valence-electron chi connectivity index (χ0n) is 11.5. The van der Waals surface area contributed by atoms with Crippen molar-refractivity contribution in [1.82, 2.24) is 25.1 Å². The lowest BCUT2D eigenvalue weighted by Gasteiger charge is -2.15. The van der Waals surface area contributed by atoms with E-state index in [0.29, 0.717) is 4.77 Å². The highest BCUT2D eigenvalue weighted by Gasteiger charge is 2.15. The summed E-state index contributed by atoms with van der Waals surface area (Å²) in [6.45, 7) is 9.43. The Labute approximate surface area is 122 Å². The number of H-pyrrole nitrogens is 2. The van der Waals surface area contributed by atoms with Gasteiger partial charge >= 0.3 is 0 Å². The molecule has 0 aromatic carbocycles. The summed E-state index contributed by atoms with van der Waals surface area (Å²) in [5, 5.41) is 6.98. The molecule has 0 aliphatic carbocycles. The third-order valence-electron chi connectivity index (χ3n) is 3.05. The number of hydrogen-bond donors (Lipinski definition) is 2. The minimum Gasteiger partial charge on any atom is -0.297 e. The van der Waals surface area contributed by atoms with Crippen LogP contribution in [0.5, 0.6) is 0 Å². The van der Waals surface area contributed by atoms with E-state index in [1.165, 1.54) is 0 Å². The van der Waals surface area contributed by atoms with E-state index in [-0.39, 0.29) is 0 Å². The average molecular weight is 297 g/mol. The number of nitrogens with zero attached hydrogens (tertiary/aromatic N) is 3. The molecule has 0 unspecified atom stereocenters. The summed E-state index contributed by atoms with van der Waals surface area (Å²) < 4.78 is 0.482. The lowest BCUT2D eigenvalue weighted by Crippen LogP contribution is -2.21. The van der Waals surface area contributed by atoms with Gasteiger partial charge in [-0.2, -0.15) is 4.98 Å². The van der Waals surface area contributed by atoms with Crippen LogP contribution in [0.4, 0.5) is 0 Å². The van der Waals surface area contributed by atoms with Crippen LogP contribution in [0.1, 0.15) is 31.5 Å². The molecule has 0 fully saturated rings. The topological polar surface area (TPSA) is 60.6 Å². The fraction of sp³-hybridized carbons (Fsp3) is 0.583. The Morgan fingerprint density at radius 1 is 1.16 bits per heavy atom. The molecule has 2 N–H and O–H groups in total. The van der Waals surface area contributed by atoms with Gasteiger partial charge in [0.05, 0.1) is 17.1 Å². The van der Waals surface area contributed by atoms with Crippen molar-refractivity contribution >= 4 is 23.6 Å². The molecule has 2 rings (SSSR count). The molecule has 2 aromatic rings. The van der Waals surface area contributed by atoms with E-state index >= 15 is 0 Å². The first-order valence-corrected chi connectivity index (χ1v) is 7.76. The molecule has 0 atom stereocenters. The molecule has 0 aliphatic rings. The Hall–Kier alpha value is -1.05. The molecule has 19 heavy (non-hydrogen) atoms. The summed E-state index contributed by atoms with van der Waals surface area (Å²) in [6.07, 6.45) is 0.900. The Morgan fingerprint density at radius 3 is 2.42 bits per heavy atom. The predicted octanol–water partition coefficient (Wildman–Crippen LogP) is 2.99. The van der Waals surface area contributed by atoms with Crippen molar-refractivity contribution in [2.24, 2.45) is 0 Å². The van der Waals surface area contributed by atoms with E-state index in [9.17, 15) is 0 Å². The minimum atomic E-state index is 0.482. The first kappa shape index (κ1) is 14.4. The second kappa shape index (κ2) is 6.40. The van der Waals surface area contributed by atoms with Crippen LogP contribution in [0, 0.1) is 4.77 Å². The Bertz CT molecular complexity index is 579. The maximum absolute atomic E-state index is 5.00. The monoisotopic (exact) mass is 297 g/mol. The van der Waals surface area contributed by atoms with Crippen molar-refractivity contribution in [3.63, 3.8) is 0 Å². The number of thiazole rings is 1. The number of hydrogen-bond acceptors (Lipinski definition) is 5. The molecule has 0 amide bonds. The van der Waals surface area contributed by atoms with Crippen LogP contribution < -0.4 is 0 Å². The fourth-order valence-electron chi connectivity index (χ4n) is 1.91. The van der Waals surface area contributed by atoms with E-state index < -0.39 is 0 Å². The van der Waals surface area contributed by atoms with E-state index in [4.69, 9.17) is 17.2 Å². The molecule has 0 saturated heterocycles. The second-order valence-corrected chi connectivity index (χ2v) is 5.68. The summed E-state index contributed by atoms with van der Waals surface area (Å²) in [4.78, 5) is 12.5. The van der Waals surface area contributed by atoms with E-state index in [0.717, 1.165) is 47.5 Å². The minimum absolute atomic E-state index is 0.482. The van der Waals surface area contributed by atoms with Crippen molar-refractivity contribution in [2.75, 3.05) is 13.1 Å². The van der Waals surface area contributed by atoms with Crippen LogP contribution in [-0.4, -0.2) is 38.2 Å². The average Bonchev–Trinajstić information content (AvgIpc) is 3.01. The van der Waals surface area contributed by atoms with Crippen molar-refractivity contribution in [3.05, 3.63) is 15.5 Å². The molecule has 0 aliphatic heterocycles. The van der Waals surface area contributed by atoms with Gasteiger partial charge in [0.15, 0.2) is 5.82 Å². The van der Waals surface area contributed by atoms with Gasteiger partial charge in [0.1, 0.15) is 5.01 Å². The summed E-state index contributed by atoms with van der Waals surface area (Å²) in [6, 6.07) is 0. The summed E-state index contributed by atoms with van der Waals surface area (Å²) in [7, 11) is 0. The van der Waals surface area contributed by atoms with Crippen molar-refractivity contribution in [2.45, 2.75) is 33.7 Å². The van der Waals surface area contributed by atoms with Gasteiger partial charge in [0.25, 0.3) is 0 Å². The molecular formula is C12H19N5S2.